The van der Waals surface area contributed by atoms with E-state index in [1.54, 1.807) is 0 Å². The molecule has 0 fully saturated rings. The van der Waals surface area contributed by atoms with Gasteiger partial charge >= 0.3 is 5.97 Å². The number of hydrogen-bond acceptors (Lipinski definition) is 3. The van der Waals surface area contributed by atoms with Crippen molar-refractivity contribution in [3.63, 3.8) is 0 Å². The molecule has 0 saturated heterocycles. The predicted molar refractivity (Wildman–Crippen MR) is 55.4 cm³/mol. The minimum atomic E-state index is -0.896. The van der Waals surface area contributed by atoms with Crippen molar-refractivity contribution in [2.24, 2.45) is 0 Å². The van der Waals surface area contributed by atoms with Gasteiger partial charge in [-0.05, 0) is 19.4 Å². The van der Waals surface area contributed by atoms with Gasteiger partial charge in [-0.1, -0.05) is 14.4 Å². The van der Waals surface area contributed by atoms with Crippen molar-refractivity contribution in [3.05, 3.63) is 0 Å². The van der Waals surface area contributed by atoms with E-state index >= 15 is 0 Å². The molecule has 0 rings (SSSR count). The Morgan fingerprint density at radius 1 is 1.54 bits per heavy atom. The number of hydrogen-bond donors (Lipinski definition) is 3. The van der Waals surface area contributed by atoms with Crippen molar-refractivity contribution in [2.75, 3.05) is 13.2 Å². The monoisotopic (exact) mass is 213 g/mol. The van der Waals surface area contributed by atoms with Crippen molar-refractivity contribution in [1.82, 2.24) is 5.32 Å². The Morgan fingerprint density at radius 2 is 2.08 bits per heavy atom. The average Bonchev–Trinajstić information content (AvgIpc) is 1.97. The fourth-order valence-corrected chi connectivity index (χ4v) is 0.761. The normalized spacial score (nSPS) is 10.9. The van der Waals surface area contributed by atoms with Crippen LogP contribution in [0.2, 0.25) is 0 Å². The Morgan fingerprint density at radius 3 is 2.38 bits per heavy atom. The fraction of sp³-hybridized carbons (Fsp3) is 0.875. The first-order chi connectivity index (χ1) is 5.22. The van der Waals surface area contributed by atoms with Gasteiger partial charge in [0.1, 0.15) is 6.04 Å². The van der Waals surface area contributed by atoms with E-state index in [-0.39, 0.29) is 32.9 Å². The molecule has 13 heavy (non-hydrogen) atoms. The zero-order valence-electron chi connectivity index (χ0n) is 7.12. The third-order valence-corrected chi connectivity index (χ3v) is 1.36. The van der Waals surface area contributed by atoms with Crippen molar-refractivity contribution < 1.29 is 15.0 Å². The Labute approximate surface area is 85.8 Å². The maximum Gasteiger partial charge on any atom is 0.320 e. The molecule has 4 nitrogen and oxygen atoms in total. The smallest absolute Gasteiger partial charge is 0.320 e. The minimum absolute atomic E-state index is 0. The summed E-state index contributed by atoms with van der Waals surface area (Å²) >= 11 is 0. The predicted octanol–water partition coefficient (Wildman–Crippen LogP) is 0.879. The van der Waals surface area contributed by atoms with E-state index in [1.807, 2.05) is 6.92 Å². The number of nitrogens with one attached hydrogen (secondary N) is 1. The van der Waals surface area contributed by atoms with Gasteiger partial charge in [-0.3, -0.25) is 4.79 Å². The summed E-state index contributed by atoms with van der Waals surface area (Å²) in [7, 11) is 0. The third-order valence-electron chi connectivity index (χ3n) is 1.36. The first-order valence-electron chi connectivity index (χ1n) is 3.79. The summed E-state index contributed by atoms with van der Waals surface area (Å²) in [6.45, 7) is 2.55. The van der Waals surface area contributed by atoms with E-state index in [4.69, 9.17) is 10.2 Å². The Balaban J connectivity index is -0.000000500. The van der Waals surface area contributed by atoms with Crippen LogP contribution in [0.25, 0.3) is 0 Å². The van der Waals surface area contributed by atoms with Crippen LogP contribution in [0.5, 0.6) is 0 Å². The molecule has 1 atom stereocenters. The molecule has 0 saturated carbocycles. The lowest BCUT2D eigenvalue weighted by atomic mass is 10.2. The molecule has 0 aromatic carbocycles. The number of carboxylic acid groups (broad SMARTS) is 1. The molecule has 0 aliphatic carbocycles. The average molecular weight is 214 g/mol. The topological polar surface area (TPSA) is 69.6 Å². The maximum absolute atomic E-state index is 10.4. The fourth-order valence-electron chi connectivity index (χ4n) is 0.761. The molecule has 82 valence electrons. The second-order valence-corrected chi connectivity index (χ2v) is 2.36. The summed E-state index contributed by atoms with van der Waals surface area (Å²) in [5.41, 5.74) is 0. The highest BCUT2D eigenvalue weighted by atomic mass is 35.5. The lowest BCUT2D eigenvalue weighted by molar-refractivity contribution is -0.139. The highest BCUT2D eigenvalue weighted by molar-refractivity contribution is 5.85. The van der Waals surface area contributed by atoms with E-state index < -0.39 is 12.0 Å². The van der Waals surface area contributed by atoms with Crippen molar-refractivity contribution in [3.8, 4) is 0 Å². The molecule has 0 amide bonds. The molecule has 0 heterocycles. The summed E-state index contributed by atoms with van der Waals surface area (Å²) in [6.07, 6.45) is 1.17. The first-order valence-corrected chi connectivity index (χ1v) is 3.79. The van der Waals surface area contributed by atoms with E-state index in [0.29, 0.717) is 6.54 Å². The molecule has 0 aliphatic heterocycles. The molecular weight excluding hydrogens is 194 g/mol. The largest absolute Gasteiger partial charge is 0.480 e. The van der Waals surface area contributed by atoms with Gasteiger partial charge in [-0.2, -0.15) is 0 Å². The van der Waals surface area contributed by atoms with Gasteiger partial charge < -0.3 is 15.5 Å². The van der Waals surface area contributed by atoms with Crippen molar-refractivity contribution >= 4 is 18.4 Å². The molecule has 0 aromatic heterocycles. The van der Waals surface area contributed by atoms with Gasteiger partial charge in [-0.15, -0.1) is 12.4 Å². The maximum atomic E-state index is 10.4. The van der Waals surface area contributed by atoms with Crippen LogP contribution >= 0.6 is 12.4 Å². The number of rotatable bonds is 6. The molecule has 3 N–H and O–H groups in total. The minimum Gasteiger partial charge on any atom is -0.480 e. The van der Waals surface area contributed by atoms with Crippen LogP contribution in [-0.2, 0) is 4.79 Å². The van der Waals surface area contributed by atoms with Crippen LogP contribution in [0, 0.1) is 0 Å². The van der Waals surface area contributed by atoms with Gasteiger partial charge in [0.25, 0.3) is 0 Å². The highest BCUT2D eigenvalue weighted by Gasteiger charge is 2.14. The van der Waals surface area contributed by atoms with Gasteiger partial charge in [0, 0.05) is 6.61 Å². The van der Waals surface area contributed by atoms with Crippen molar-refractivity contribution in [1.29, 1.82) is 0 Å². The Hall–Kier alpha value is -0.320. The van der Waals surface area contributed by atoms with Gasteiger partial charge in [0.2, 0.25) is 0 Å². The van der Waals surface area contributed by atoms with Crippen LogP contribution < -0.4 is 5.32 Å². The molecule has 0 aliphatic rings. The number of aliphatic hydroxyl groups is 1. The third kappa shape index (κ3) is 9.60. The van der Waals surface area contributed by atoms with E-state index in [0.717, 1.165) is 6.42 Å². The van der Waals surface area contributed by atoms with Crippen LogP contribution in [0.1, 0.15) is 27.2 Å². The van der Waals surface area contributed by atoms with E-state index in [1.165, 1.54) is 0 Å². The van der Waals surface area contributed by atoms with Crippen LogP contribution in [0.3, 0.4) is 0 Å². The Kier molecular flexibility index (Phi) is 16.6. The van der Waals surface area contributed by atoms with Gasteiger partial charge in [-0.25, -0.2) is 0 Å². The first kappa shape index (κ1) is 18.5. The summed E-state index contributed by atoms with van der Waals surface area (Å²) < 4.78 is 0. The zero-order valence-corrected chi connectivity index (χ0v) is 7.93. The number of carboxylic acids is 1. The highest BCUT2D eigenvalue weighted by Crippen LogP contribution is 1.90. The summed E-state index contributed by atoms with van der Waals surface area (Å²) in [5, 5.41) is 19.8. The zero-order chi connectivity index (χ0) is 8.69. The Bertz CT molecular complexity index is 122. The number of aliphatic hydroxyl groups excluding tert-OH is 1. The van der Waals surface area contributed by atoms with E-state index in [9.17, 15) is 4.79 Å². The van der Waals surface area contributed by atoms with Gasteiger partial charge in [0.15, 0.2) is 0 Å². The quantitative estimate of drug-likeness (QED) is 0.613. The number of aliphatic carboxylic acids is 1. The van der Waals surface area contributed by atoms with Crippen LogP contribution in [-0.4, -0.2) is 35.4 Å². The summed E-state index contributed by atoms with van der Waals surface area (Å²) in [6, 6.07) is -0.597. The van der Waals surface area contributed by atoms with Crippen molar-refractivity contribution in [2.45, 2.75) is 33.2 Å². The second kappa shape index (κ2) is 11.7. The summed E-state index contributed by atoms with van der Waals surface area (Å²) in [4.78, 5) is 10.4. The summed E-state index contributed by atoms with van der Waals surface area (Å²) in [5.74, 6) is -0.896. The molecule has 0 spiro atoms. The van der Waals surface area contributed by atoms with Crippen LogP contribution in [0.15, 0.2) is 0 Å². The molecule has 0 aromatic rings. The SMILES string of the molecule is C.CCCN[C@@H](CCO)C(=O)O.Cl. The van der Waals surface area contributed by atoms with Crippen LogP contribution in [0.4, 0.5) is 0 Å². The van der Waals surface area contributed by atoms with Gasteiger partial charge in [0.05, 0.1) is 0 Å². The standard InChI is InChI=1S/C7H15NO3.CH4.ClH/c1-2-4-8-6(3-5-9)7(10)11;;/h6,8-9H,2-5H2,1H3,(H,10,11);1H4;1H/t6-;;/m0../s1. The molecular formula is C8H20ClNO3. The second-order valence-electron chi connectivity index (χ2n) is 2.36. The molecule has 5 heteroatoms. The molecule has 0 bridgehead atoms. The van der Waals surface area contributed by atoms with E-state index in [2.05, 4.69) is 5.32 Å². The number of carbonyl (C=O) groups is 1. The lowest BCUT2D eigenvalue weighted by Gasteiger charge is -2.11. The number of halogens is 1. The lowest BCUT2D eigenvalue weighted by Crippen LogP contribution is -2.37. The molecule has 0 unspecified atom stereocenters. The molecule has 0 radical (unpaired) electrons.